The molecule has 4 rings (SSSR count). The Morgan fingerprint density at radius 3 is 2.14 bits per heavy atom. The standard InChI is InChI=1S/C34H52F2N4O3/c1-21-10-13-23(14-11-21)39(32(43)33(2,3)4)24-17-29(30(41)37-8)40(9,20-24)31(42)27-19-38(34(5,6)7)18-26(27)25-15-12-22(35)16-28(25)36/h12,15-16,21,23-24,26-27,29H,10-11,13-14,17-20H2,1-9H3/p+1/t21?,23?,24-,26-,27+,29-,40?/m0/s1. The lowest BCUT2D eigenvalue weighted by atomic mass is 9.84. The molecule has 1 N–H and O–H groups in total. The molecule has 1 saturated carbocycles. The third-order valence-corrected chi connectivity index (χ3v) is 10.4. The van der Waals surface area contributed by atoms with E-state index in [0.29, 0.717) is 37.5 Å². The van der Waals surface area contributed by atoms with Crippen molar-refractivity contribution in [3.05, 3.63) is 35.4 Å². The summed E-state index contributed by atoms with van der Waals surface area (Å²) < 4.78 is 29.0. The van der Waals surface area contributed by atoms with Gasteiger partial charge in [0.2, 0.25) is 5.91 Å². The molecule has 0 aromatic heterocycles. The Kier molecular flexibility index (Phi) is 9.49. The number of benzene rings is 1. The van der Waals surface area contributed by atoms with Crippen molar-refractivity contribution in [2.45, 2.75) is 110 Å². The molecular weight excluding hydrogens is 550 g/mol. The molecule has 1 aliphatic carbocycles. The average molecular weight is 604 g/mol. The van der Waals surface area contributed by atoms with Crippen molar-refractivity contribution in [1.29, 1.82) is 0 Å². The number of amides is 3. The summed E-state index contributed by atoms with van der Waals surface area (Å²) in [4.78, 5) is 46.6. The summed E-state index contributed by atoms with van der Waals surface area (Å²) in [7, 11) is 3.40. The zero-order valence-electron chi connectivity index (χ0n) is 27.7. The maximum Gasteiger partial charge on any atom is 0.319 e. The molecule has 3 fully saturated rings. The quantitative estimate of drug-likeness (QED) is 0.476. The zero-order valence-corrected chi connectivity index (χ0v) is 27.7. The molecule has 1 unspecified atom stereocenters. The van der Waals surface area contributed by atoms with Crippen LogP contribution in [0.25, 0.3) is 0 Å². The number of likely N-dealkylation sites (N-methyl/N-ethyl adjacent to an activating group) is 2. The van der Waals surface area contributed by atoms with Crippen LogP contribution in [-0.4, -0.2) is 89.4 Å². The van der Waals surface area contributed by atoms with Crippen LogP contribution in [0.3, 0.4) is 0 Å². The third kappa shape index (κ3) is 6.68. The van der Waals surface area contributed by atoms with Crippen LogP contribution in [0.2, 0.25) is 0 Å². The second-order valence-corrected chi connectivity index (χ2v) is 15.6. The van der Waals surface area contributed by atoms with Crippen LogP contribution in [-0.2, 0) is 14.4 Å². The van der Waals surface area contributed by atoms with Crippen molar-refractivity contribution in [1.82, 2.24) is 15.1 Å². The van der Waals surface area contributed by atoms with Gasteiger partial charge in [-0.25, -0.2) is 13.6 Å². The number of hydrogen-bond donors (Lipinski definition) is 1. The van der Waals surface area contributed by atoms with E-state index >= 15 is 4.39 Å². The van der Waals surface area contributed by atoms with Gasteiger partial charge in [0.15, 0.2) is 6.04 Å². The highest BCUT2D eigenvalue weighted by molar-refractivity contribution is 5.86. The Balaban J connectivity index is 1.74. The first kappa shape index (κ1) is 33.5. The second kappa shape index (κ2) is 12.2. The van der Waals surface area contributed by atoms with Crippen molar-refractivity contribution in [2.75, 3.05) is 33.7 Å². The number of nitrogens with one attached hydrogen (secondary N) is 1. The van der Waals surface area contributed by atoms with E-state index in [9.17, 15) is 18.8 Å². The first-order valence-corrected chi connectivity index (χ1v) is 16.0. The molecule has 9 heteroatoms. The molecule has 43 heavy (non-hydrogen) atoms. The third-order valence-electron chi connectivity index (χ3n) is 10.4. The molecule has 0 spiro atoms. The molecule has 0 bridgehead atoms. The maximum atomic E-state index is 15.2. The summed E-state index contributed by atoms with van der Waals surface area (Å²) in [6.07, 6.45) is 4.31. The Hall–Kier alpha value is -2.39. The molecule has 2 saturated heterocycles. The minimum Gasteiger partial charge on any atom is -0.354 e. The van der Waals surface area contributed by atoms with Gasteiger partial charge in [0.05, 0.1) is 19.0 Å². The summed E-state index contributed by atoms with van der Waals surface area (Å²) >= 11 is 0. The normalized spacial score (nSPS) is 32.1. The van der Waals surface area contributed by atoms with Crippen LogP contribution in [0.4, 0.5) is 8.78 Å². The van der Waals surface area contributed by atoms with Crippen LogP contribution >= 0.6 is 0 Å². The molecule has 0 radical (unpaired) electrons. The van der Waals surface area contributed by atoms with Gasteiger partial charge in [0.25, 0.3) is 5.91 Å². The first-order valence-electron chi connectivity index (χ1n) is 16.0. The molecule has 1 aromatic rings. The van der Waals surface area contributed by atoms with Gasteiger partial charge in [-0.2, -0.15) is 0 Å². The van der Waals surface area contributed by atoms with Crippen LogP contribution in [0, 0.1) is 28.9 Å². The second-order valence-electron chi connectivity index (χ2n) is 15.6. The largest absolute Gasteiger partial charge is 0.354 e. The smallest absolute Gasteiger partial charge is 0.319 e. The molecular formula is C34H53F2N4O3+. The number of nitrogens with zero attached hydrogens (tertiary/aromatic N) is 3. The molecule has 240 valence electrons. The van der Waals surface area contributed by atoms with Gasteiger partial charge in [-0.1, -0.05) is 33.8 Å². The Morgan fingerprint density at radius 2 is 1.60 bits per heavy atom. The monoisotopic (exact) mass is 603 g/mol. The number of likely N-dealkylation sites (tertiary alicyclic amines) is 2. The minimum absolute atomic E-state index is 0.0552. The van der Waals surface area contributed by atoms with Crippen LogP contribution < -0.4 is 5.32 Å². The van der Waals surface area contributed by atoms with E-state index in [1.54, 1.807) is 7.05 Å². The Labute approximate surface area is 256 Å². The lowest BCUT2D eigenvalue weighted by molar-refractivity contribution is -0.840. The number of quaternary nitrogens is 1. The lowest BCUT2D eigenvalue weighted by Gasteiger charge is -2.42. The summed E-state index contributed by atoms with van der Waals surface area (Å²) in [5.74, 6) is -2.08. The average Bonchev–Trinajstić information content (AvgIpc) is 3.51. The van der Waals surface area contributed by atoms with E-state index in [0.717, 1.165) is 31.7 Å². The van der Waals surface area contributed by atoms with Gasteiger partial charge in [-0.3, -0.25) is 19.0 Å². The van der Waals surface area contributed by atoms with E-state index in [1.165, 1.54) is 12.1 Å². The molecule has 7 nitrogen and oxygen atoms in total. The summed E-state index contributed by atoms with van der Waals surface area (Å²) in [6.45, 7) is 15.4. The van der Waals surface area contributed by atoms with E-state index in [-0.39, 0.29) is 39.8 Å². The van der Waals surface area contributed by atoms with E-state index in [1.807, 2.05) is 32.7 Å². The summed E-state index contributed by atoms with van der Waals surface area (Å²) in [5.41, 5.74) is -0.554. The maximum absolute atomic E-state index is 15.2. The highest BCUT2D eigenvalue weighted by Crippen LogP contribution is 2.43. The Morgan fingerprint density at radius 1 is 0.977 bits per heavy atom. The topological polar surface area (TPSA) is 69.7 Å². The van der Waals surface area contributed by atoms with Crippen molar-refractivity contribution in [2.24, 2.45) is 17.3 Å². The van der Waals surface area contributed by atoms with Crippen LogP contribution in [0.5, 0.6) is 0 Å². The van der Waals surface area contributed by atoms with Gasteiger partial charge in [-0.15, -0.1) is 0 Å². The van der Waals surface area contributed by atoms with Crippen LogP contribution in [0.1, 0.15) is 92.1 Å². The van der Waals surface area contributed by atoms with E-state index < -0.39 is 34.9 Å². The van der Waals surface area contributed by atoms with Gasteiger partial charge < -0.3 is 10.2 Å². The van der Waals surface area contributed by atoms with Gasteiger partial charge in [0.1, 0.15) is 18.2 Å². The molecule has 1 aromatic carbocycles. The number of carbonyl (C=O) groups is 3. The van der Waals surface area contributed by atoms with Crippen molar-refractivity contribution >= 4 is 17.7 Å². The fourth-order valence-electron chi connectivity index (χ4n) is 7.74. The number of halogens is 2. The van der Waals surface area contributed by atoms with E-state index in [4.69, 9.17) is 0 Å². The van der Waals surface area contributed by atoms with Crippen molar-refractivity contribution in [3.8, 4) is 0 Å². The van der Waals surface area contributed by atoms with E-state index in [2.05, 4.69) is 37.9 Å². The van der Waals surface area contributed by atoms with Crippen LogP contribution in [0.15, 0.2) is 18.2 Å². The predicted molar refractivity (Wildman–Crippen MR) is 164 cm³/mol. The zero-order chi connectivity index (χ0) is 32.1. The SMILES string of the molecule is CNC(=O)[C@@H]1C[C@H](N(C(=O)C(C)(C)C)C2CCC(C)CC2)C[N+]1(C)C(=O)[C@@H]1CN(C(C)(C)C)C[C@H]1c1ccc(F)cc1F. The molecule has 2 aliphatic heterocycles. The molecule has 5 atom stereocenters. The Bertz CT molecular complexity index is 1220. The van der Waals surface area contributed by atoms with Gasteiger partial charge in [-0.05, 0) is 64.0 Å². The molecule has 3 aliphatic rings. The van der Waals surface area contributed by atoms with Gasteiger partial charge >= 0.3 is 5.91 Å². The summed E-state index contributed by atoms with van der Waals surface area (Å²) in [6, 6.07) is 2.70. The fourth-order valence-corrected chi connectivity index (χ4v) is 7.74. The lowest BCUT2D eigenvalue weighted by Crippen LogP contribution is -2.61. The number of carbonyl (C=O) groups excluding carboxylic acids is 3. The first-order chi connectivity index (χ1) is 19.9. The summed E-state index contributed by atoms with van der Waals surface area (Å²) in [5, 5.41) is 2.78. The van der Waals surface area contributed by atoms with Crippen molar-refractivity contribution in [3.63, 3.8) is 0 Å². The minimum atomic E-state index is -0.678. The highest BCUT2D eigenvalue weighted by atomic mass is 19.1. The fraction of sp³-hybridized carbons (Fsp3) is 0.735. The van der Waals surface area contributed by atoms with Gasteiger partial charge in [0, 0.05) is 55.5 Å². The number of rotatable bonds is 5. The highest BCUT2D eigenvalue weighted by Gasteiger charge is 2.59. The molecule has 3 amide bonds. The molecule has 2 heterocycles. The van der Waals surface area contributed by atoms with Crippen molar-refractivity contribution < 1.29 is 27.6 Å². The predicted octanol–water partition coefficient (Wildman–Crippen LogP) is 5.09. The number of hydrogen-bond acceptors (Lipinski definition) is 4.